The minimum Gasteiger partial charge on any atom is -0.427 e. The number of nitrogens with one attached hydrogen (secondary N) is 1. The van der Waals surface area contributed by atoms with Gasteiger partial charge in [-0.05, 0) is 58.3 Å². The van der Waals surface area contributed by atoms with Crippen molar-refractivity contribution in [2.45, 2.75) is 57.9 Å². The van der Waals surface area contributed by atoms with Crippen LogP contribution < -0.4 is 21.2 Å². The van der Waals surface area contributed by atoms with Crippen LogP contribution in [0.25, 0.3) is 0 Å². The Kier molecular flexibility index (Phi) is 7.29. The van der Waals surface area contributed by atoms with E-state index in [1.165, 1.54) is 4.57 Å². The summed E-state index contributed by atoms with van der Waals surface area (Å²) in [6.07, 6.45) is 3.55. The second-order valence-electron chi connectivity index (χ2n) is 10.7. The van der Waals surface area contributed by atoms with Crippen LogP contribution in [-0.4, -0.2) is 83.2 Å². The van der Waals surface area contributed by atoms with Crippen LogP contribution in [0.15, 0.2) is 35.4 Å². The van der Waals surface area contributed by atoms with E-state index in [1.807, 2.05) is 32.2 Å². The van der Waals surface area contributed by atoms with Gasteiger partial charge < -0.3 is 29.3 Å². The van der Waals surface area contributed by atoms with Crippen molar-refractivity contribution in [3.05, 3.63) is 40.9 Å². The lowest BCUT2D eigenvalue weighted by Crippen LogP contribution is -2.59. The van der Waals surface area contributed by atoms with Crippen LogP contribution in [0.4, 0.5) is 17.2 Å². The van der Waals surface area contributed by atoms with E-state index in [0.717, 1.165) is 38.5 Å². The molecule has 2 saturated heterocycles. The molecule has 2 aliphatic heterocycles. The van der Waals surface area contributed by atoms with Gasteiger partial charge in [0.1, 0.15) is 11.5 Å². The fourth-order valence-corrected chi connectivity index (χ4v) is 4.15. The van der Waals surface area contributed by atoms with Gasteiger partial charge in [-0.2, -0.15) is 0 Å². The number of anilines is 3. The monoisotopic (exact) mass is 482 g/mol. The van der Waals surface area contributed by atoms with E-state index in [1.54, 1.807) is 40.6 Å². The normalized spacial score (nSPS) is 20.0. The summed E-state index contributed by atoms with van der Waals surface area (Å²) in [6, 6.07) is 6.62. The lowest BCUT2D eigenvalue weighted by Gasteiger charge is -2.46. The van der Waals surface area contributed by atoms with Crippen LogP contribution in [0.2, 0.25) is 0 Å². The molecule has 0 saturated carbocycles. The number of hydrogen-bond donors (Lipinski definition) is 2. The summed E-state index contributed by atoms with van der Waals surface area (Å²) in [5.74, 6) is 0.596. The largest absolute Gasteiger partial charge is 0.427 e. The van der Waals surface area contributed by atoms with E-state index in [2.05, 4.69) is 27.0 Å². The average molecular weight is 482 g/mol. The van der Waals surface area contributed by atoms with Gasteiger partial charge in [0.2, 0.25) is 0 Å². The van der Waals surface area contributed by atoms with Crippen molar-refractivity contribution in [3.8, 4) is 0 Å². The van der Waals surface area contributed by atoms with Crippen LogP contribution in [0.3, 0.4) is 0 Å². The highest BCUT2D eigenvalue weighted by atomic mass is 16.5. The Bertz CT molecular complexity index is 1080. The van der Waals surface area contributed by atoms with Crippen LogP contribution in [-0.2, 0) is 16.4 Å². The van der Waals surface area contributed by atoms with Gasteiger partial charge in [-0.3, -0.25) is 9.69 Å². The Balaban J connectivity index is 1.42. The molecule has 0 aliphatic carbocycles. The smallest absolute Gasteiger partial charge is 0.332 e. The molecule has 0 amide bonds. The first-order valence-electron chi connectivity index (χ1n) is 12.2. The highest BCUT2D eigenvalue weighted by molar-refractivity contribution is 6.47. The Labute approximate surface area is 208 Å². The minimum atomic E-state index is -1.04. The van der Waals surface area contributed by atoms with Crippen molar-refractivity contribution in [3.63, 3.8) is 0 Å². The molecular weight excluding hydrogens is 445 g/mol. The highest BCUT2D eigenvalue weighted by Crippen LogP contribution is 2.25. The van der Waals surface area contributed by atoms with Gasteiger partial charge in [-0.15, -0.1) is 0 Å². The van der Waals surface area contributed by atoms with Crippen LogP contribution >= 0.6 is 0 Å². The third kappa shape index (κ3) is 5.72. The molecule has 2 aromatic heterocycles. The second kappa shape index (κ2) is 9.93. The average Bonchev–Trinajstić information content (AvgIpc) is 2.74. The number of aliphatic hydroxyl groups is 1. The summed E-state index contributed by atoms with van der Waals surface area (Å²) in [6.45, 7) is 14.0. The number of piperazine rings is 1. The third-order valence-corrected chi connectivity index (χ3v) is 7.31. The predicted molar refractivity (Wildman–Crippen MR) is 139 cm³/mol. The standard InChI is InChI=1S/C25H37BN5O4/c1-17-13-30(20-15-34-16-20)9-10-31(17)19-7-8-22(27-12-19)28-21-11-18(14-29(6)23(21)32)26-35-25(4,5)24(2,3)33/h7-8,11-12,14,17,20,33H,9-10,13,15-16H2,1-6H3,(H,27,28)/t17-/m0/s1. The Hall–Kier alpha value is -2.40. The second-order valence-corrected chi connectivity index (χ2v) is 10.7. The summed E-state index contributed by atoms with van der Waals surface area (Å²) >= 11 is 0. The predicted octanol–water partition coefficient (Wildman–Crippen LogP) is 1.24. The third-order valence-electron chi connectivity index (χ3n) is 7.31. The maximum absolute atomic E-state index is 12.7. The Morgan fingerprint density at radius 2 is 1.97 bits per heavy atom. The summed E-state index contributed by atoms with van der Waals surface area (Å²) in [7, 11) is 3.26. The Morgan fingerprint density at radius 3 is 2.54 bits per heavy atom. The number of rotatable bonds is 8. The molecule has 2 N–H and O–H groups in total. The van der Waals surface area contributed by atoms with E-state index < -0.39 is 11.2 Å². The van der Waals surface area contributed by atoms with Gasteiger partial charge in [0.25, 0.3) is 5.56 Å². The molecule has 2 aromatic rings. The molecule has 9 nitrogen and oxygen atoms in total. The molecule has 4 heterocycles. The number of hydrogen-bond acceptors (Lipinski definition) is 8. The summed E-state index contributed by atoms with van der Waals surface area (Å²) in [5, 5.41) is 13.5. The molecule has 1 radical (unpaired) electrons. The molecule has 189 valence electrons. The van der Waals surface area contributed by atoms with Gasteiger partial charge in [0.05, 0.1) is 42.3 Å². The fourth-order valence-electron chi connectivity index (χ4n) is 4.15. The summed E-state index contributed by atoms with van der Waals surface area (Å²) in [4.78, 5) is 22.2. The number of aromatic nitrogens is 2. The van der Waals surface area contributed by atoms with Crippen molar-refractivity contribution in [1.29, 1.82) is 0 Å². The number of pyridine rings is 2. The number of nitrogens with zero attached hydrogens (tertiary/aromatic N) is 4. The lowest BCUT2D eigenvalue weighted by molar-refractivity contribution is -0.0893. The highest BCUT2D eigenvalue weighted by Gasteiger charge is 2.36. The first kappa shape index (κ1) is 25.7. The molecule has 4 rings (SSSR count). The van der Waals surface area contributed by atoms with Crippen molar-refractivity contribution in [1.82, 2.24) is 14.5 Å². The zero-order valence-electron chi connectivity index (χ0n) is 21.6. The van der Waals surface area contributed by atoms with E-state index in [4.69, 9.17) is 9.39 Å². The number of aryl methyl sites for hydroxylation is 1. The van der Waals surface area contributed by atoms with Crippen molar-refractivity contribution in [2.75, 3.05) is 43.1 Å². The van der Waals surface area contributed by atoms with E-state index in [0.29, 0.717) is 29.1 Å². The molecule has 2 aliphatic rings. The number of ether oxygens (including phenoxy) is 1. The maximum Gasteiger partial charge on any atom is 0.332 e. The van der Waals surface area contributed by atoms with E-state index in [-0.39, 0.29) is 5.56 Å². The van der Waals surface area contributed by atoms with Crippen molar-refractivity contribution in [2.24, 2.45) is 7.05 Å². The molecule has 0 aromatic carbocycles. The van der Waals surface area contributed by atoms with Crippen molar-refractivity contribution >= 4 is 30.1 Å². The molecular formula is C25H37BN5O4. The molecule has 0 spiro atoms. The van der Waals surface area contributed by atoms with E-state index in [9.17, 15) is 9.90 Å². The molecule has 35 heavy (non-hydrogen) atoms. The van der Waals surface area contributed by atoms with Gasteiger partial charge >= 0.3 is 7.48 Å². The zero-order valence-corrected chi connectivity index (χ0v) is 21.6. The van der Waals surface area contributed by atoms with Crippen LogP contribution in [0, 0.1) is 0 Å². The quantitative estimate of drug-likeness (QED) is 0.544. The molecule has 0 unspecified atom stereocenters. The lowest BCUT2D eigenvalue weighted by atomic mass is 9.83. The first-order valence-corrected chi connectivity index (χ1v) is 12.2. The summed E-state index contributed by atoms with van der Waals surface area (Å²) < 4.78 is 12.7. The maximum atomic E-state index is 12.7. The molecule has 1 atom stereocenters. The SMILES string of the molecule is C[C@H]1CN(C2COC2)CCN1c1ccc(Nc2cc([B]OC(C)(C)C(C)(C)O)cn(C)c2=O)nc1. The van der Waals surface area contributed by atoms with Crippen molar-refractivity contribution < 1.29 is 14.5 Å². The van der Waals surface area contributed by atoms with Gasteiger partial charge in [0, 0.05) is 38.9 Å². The minimum absolute atomic E-state index is 0.167. The van der Waals surface area contributed by atoms with Gasteiger partial charge in [-0.1, -0.05) is 0 Å². The van der Waals surface area contributed by atoms with Gasteiger partial charge in [0.15, 0.2) is 0 Å². The fraction of sp³-hybridized carbons (Fsp3) is 0.600. The van der Waals surface area contributed by atoms with Crippen LogP contribution in [0.5, 0.6) is 0 Å². The summed E-state index contributed by atoms with van der Waals surface area (Å²) in [5.41, 5.74) is 0.167. The molecule has 10 heteroatoms. The zero-order chi connectivity index (χ0) is 25.4. The first-order chi connectivity index (χ1) is 16.4. The Morgan fingerprint density at radius 1 is 1.23 bits per heavy atom. The van der Waals surface area contributed by atoms with Crippen LogP contribution in [0.1, 0.15) is 34.6 Å². The molecule has 0 bridgehead atoms. The van der Waals surface area contributed by atoms with E-state index >= 15 is 0 Å². The van der Waals surface area contributed by atoms with Gasteiger partial charge in [-0.25, -0.2) is 4.98 Å². The topological polar surface area (TPSA) is 92.1 Å². The molecule has 2 fully saturated rings.